The van der Waals surface area contributed by atoms with Gasteiger partial charge < -0.3 is 4.42 Å². The van der Waals surface area contributed by atoms with E-state index in [1.807, 2.05) is 0 Å². The summed E-state index contributed by atoms with van der Waals surface area (Å²) in [4.78, 5) is 0. The third-order valence-corrected chi connectivity index (χ3v) is 9.83. The molecule has 0 N–H and O–H groups in total. The van der Waals surface area contributed by atoms with Crippen molar-refractivity contribution in [2.24, 2.45) is 0 Å². The molecule has 1 heteroatoms. The van der Waals surface area contributed by atoms with Crippen LogP contribution < -0.4 is 0 Å². The molecule has 0 aliphatic carbocycles. The average Bonchev–Trinajstić information content (AvgIpc) is 3.50. The zero-order valence-corrected chi connectivity index (χ0v) is 25.6. The quantitative estimate of drug-likeness (QED) is 0.185. The van der Waals surface area contributed by atoms with Gasteiger partial charge in [0, 0.05) is 10.8 Å². The summed E-state index contributed by atoms with van der Waals surface area (Å²) in [5, 5.41) is 12.1. The summed E-state index contributed by atoms with van der Waals surface area (Å²) in [5.74, 6) is 0. The van der Waals surface area contributed by atoms with Gasteiger partial charge in [0.2, 0.25) is 0 Å². The number of furan rings is 1. The molecule has 10 rings (SSSR count). The van der Waals surface area contributed by atoms with Gasteiger partial charge in [-0.25, -0.2) is 0 Å². The Hall–Kier alpha value is -6.18. The molecule has 0 bridgehead atoms. The lowest BCUT2D eigenvalue weighted by Crippen LogP contribution is -1.94. The molecule has 1 aromatic heterocycles. The molecular weight excluding hydrogens is 569 g/mol. The fourth-order valence-corrected chi connectivity index (χ4v) is 7.81. The molecule has 0 atom stereocenters. The molecule has 1 nitrogen and oxygen atoms in total. The Morgan fingerprint density at radius 2 is 0.872 bits per heavy atom. The Bertz CT molecular complexity index is 2780. The SMILES string of the molecule is c1ccc(-c2ccc3ccccc3c2-c2c3ccccc3c(-c3cccc4oc5cc6ccccc6cc5c34)c3ccccc23)cc1. The average molecular weight is 597 g/mol. The lowest BCUT2D eigenvalue weighted by molar-refractivity contribution is 0.669. The Morgan fingerprint density at radius 1 is 0.298 bits per heavy atom. The third-order valence-electron chi connectivity index (χ3n) is 9.83. The number of hydrogen-bond acceptors (Lipinski definition) is 1. The minimum absolute atomic E-state index is 0.908. The van der Waals surface area contributed by atoms with E-state index in [1.54, 1.807) is 0 Å². The van der Waals surface area contributed by atoms with Crippen molar-refractivity contribution in [1.29, 1.82) is 0 Å². The van der Waals surface area contributed by atoms with Crippen LogP contribution in [0.3, 0.4) is 0 Å². The van der Waals surface area contributed by atoms with Gasteiger partial charge in [-0.2, -0.15) is 0 Å². The third kappa shape index (κ3) is 3.90. The van der Waals surface area contributed by atoms with Crippen LogP contribution in [0.5, 0.6) is 0 Å². The predicted molar refractivity (Wildman–Crippen MR) is 200 cm³/mol. The van der Waals surface area contributed by atoms with Crippen molar-refractivity contribution < 1.29 is 4.42 Å². The van der Waals surface area contributed by atoms with Gasteiger partial charge in [0.1, 0.15) is 11.2 Å². The van der Waals surface area contributed by atoms with Gasteiger partial charge in [-0.15, -0.1) is 0 Å². The van der Waals surface area contributed by atoms with Crippen LogP contribution in [0, 0.1) is 0 Å². The van der Waals surface area contributed by atoms with E-state index >= 15 is 0 Å². The van der Waals surface area contributed by atoms with Gasteiger partial charge in [-0.1, -0.05) is 152 Å². The molecule has 0 spiro atoms. The van der Waals surface area contributed by atoms with Crippen LogP contribution in [0.4, 0.5) is 0 Å². The number of rotatable bonds is 3. The highest BCUT2D eigenvalue weighted by molar-refractivity contribution is 6.28. The molecule has 9 aromatic carbocycles. The minimum Gasteiger partial charge on any atom is -0.456 e. The van der Waals surface area contributed by atoms with E-state index in [2.05, 4.69) is 170 Å². The van der Waals surface area contributed by atoms with Crippen LogP contribution >= 0.6 is 0 Å². The van der Waals surface area contributed by atoms with Crippen LogP contribution in [0.25, 0.3) is 98.4 Å². The van der Waals surface area contributed by atoms with E-state index in [-0.39, 0.29) is 0 Å². The molecule has 218 valence electrons. The smallest absolute Gasteiger partial charge is 0.136 e. The first-order valence-corrected chi connectivity index (χ1v) is 16.2. The van der Waals surface area contributed by atoms with Crippen LogP contribution in [0.2, 0.25) is 0 Å². The topological polar surface area (TPSA) is 13.1 Å². The normalized spacial score (nSPS) is 11.8. The highest BCUT2D eigenvalue weighted by Crippen LogP contribution is 2.50. The van der Waals surface area contributed by atoms with Crippen molar-refractivity contribution >= 4 is 65.0 Å². The lowest BCUT2D eigenvalue weighted by Gasteiger charge is -2.21. The minimum atomic E-state index is 0.908. The summed E-state index contributed by atoms with van der Waals surface area (Å²) < 4.78 is 6.55. The number of benzene rings is 9. The second-order valence-corrected chi connectivity index (χ2v) is 12.4. The Morgan fingerprint density at radius 3 is 1.57 bits per heavy atom. The van der Waals surface area contributed by atoms with Gasteiger partial charge in [-0.05, 0) is 94.7 Å². The lowest BCUT2D eigenvalue weighted by atomic mass is 9.81. The predicted octanol–water partition coefficient (Wildman–Crippen LogP) is 13.2. The summed E-state index contributed by atoms with van der Waals surface area (Å²) in [7, 11) is 0. The maximum Gasteiger partial charge on any atom is 0.136 e. The summed E-state index contributed by atoms with van der Waals surface area (Å²) >= 11 is 0. The van der Waals surface area contributed by atoms with E-state index in [1.165, 1.54) is 76.5 Å². The van der Waals surface area contributed by atoms with E-state index in [0.29, 0.717) is 0 Å². The monoisotopic (exact) mass is 596 g/mol. The molecule has 0 unspecified atom stereocenters. The van der Waals surface area contributed by atoms with E-state index in [4.69, 9.17) is 4.42 Å². The molecule has 0 saturated heterocycles. The zero-order valence-electron chi connectivity index (χ0n) is 25.6. The fraction of sp³-hybridized carbons (Fsp3) is 0. The van der Waals surface area contributed by atoms with Crippen molar-refractivity contribution in [1.82, 2.24) is 0 Å². The van der Waals surface area contributed by atoms with E-state index < -0.39 is 0 Å². The standard InChI is InChI=1S/C46H28O/c1-2-13-29(14-3-1)34-26-25-30-15-6-7-18-33(30)45(34)46-37-21-10-8-19-35(37)43(36-20-9-11-22-38(36)46)39-23-12-24-41-44(39)40-27-31-16-4-5-17-32(31)28-42(40)47-41/h1-28H. The van der Waals surface area contributed by atoms with E-state index in [0.717, 1.165) is 21.9 Å². The molecule has 0 aliphatic heterocycles. The van der Waals surface area contributed by atoms with Gasteiger partial charge >= 0.3 is 0 Å². The molecule has 0 saturated carbocycles. The second kappa shape index (κ2) is 10.2. The highest BCUT2D eigenvalue weighted by Gasteiger charge is 2.23. The van der Waals surface area contributed by atoms with Crippen molar-refractivity contribution in [3.8, 4) is 33.4 Å². The van der Waals surface area contributed by atoms with Crippen LogP contribution in [0.1, 0.15) is 0 Å². The van der Waals surface area contributed by atoms with Crippen LogP contribution in [-0.2, 0) is 0 Å². The van der Waals surface area contributed by atoms with E-state index in [9.17, 15) is 0 Å². The fourth-order valence-electron chi connectivity index (χ4n) is 7.81. The molecule has 47 heavy (non-hydrogen) atoms. The number of fused-ring (bicyclic) bond motifs is 7. The van der Waals surface area contributed by atoms with Crippen molar-refractivity contribution in [2.45, 2.75) is 0 Å². The van der Waals surface area contributed by atoms with Crippen molar-refractivity contribution in [3.05, 3.63) is 170 Å². The second-order valence-electron chi connectivity index (χ2n) is 12.4. The van der Waals surface area contributed by atoms with Crippen LogP contribution in [0.15, 0.2) is 174 Å². The molecule has 0 amide bonds. The first kappa shape index (κ1) is 26.1. The Kier molecular flexibility index (Phi) is 5.64. The van der Waals surface area contributed by atoms with Gasteiger partial charge in [0.25, 0.3) is 0 Å². The zero-order chi connectivity index (χ0) is 30.9. The summed E-state index contributed by atoms with van der Waals surface area (Å²) in [6, 6.07) is 61.6. The summed E-state index contributed by atoms with van der Waals surface area (Å²) in [6.45, 7) is 0. The summed E-state index contributed by atoms with van der Waals surface area (Å²) in [5.41, 5.74) is 9.25. The van der Waals surface area contributed by atoms with Gasteiger partial charge in [0.15, 0.2) is 0 Å². The molecule has 1 heterocycles. The molecule has 0 fully saturated rings. The first-order chi connectivity index (χ1) is 23.3. The molecule has 0 aliphatic rings. The summed E-state index contributed by atoms with van der Waals surface area (Å²) in [6.07, 6.45) is 0. The largest absolute Gasteiger partial charge is 0.456 e. The van der Waals surface area contributed by atoms with Crippen molar-refractivity contribution in [2.75, 3.05) is 0 Å². The van der Waals surface area contributed by atoms with Crippen LogP contribution in [-0.4, -0.2) is 0 Å². The van der Waals surface area contributed by atoms with Gasteiger partial charge in [0.05, 0.1) is 0 Å². The van der Waals surface area contributed by atoms with Gasteiger partial charge in [-0.3, -0.25) is 0 Å². The first-order valence-electron chi connectivity index (χ1n) is 16.2. The van der Waals surface area contributed by atoms with Crippen molar-refractivity contribution in [3.63, 3.8) is 0 Å². The molecular formula is C46H28O. The molecule has 0 radical (unpaired) electrons. The Labute approximate surface area is 271 Å². The maximum atomic E-state index is 6.55. The highest BCUT2D eigenvalue weighted by atomic mass is 16.3. The molecule has 10 aromatic rings. The number of hydrogen-bond donors (Lipinski definition) is 0. The Balaban J connectivity index is 1.38. The maximum absolute atomic E-state index is 6.55.